The van der Waals surface area contributed by atoms with E-state index < -0.39 is 0 Å². The van der Waals surface area contributed by atoms with Crippen LogP contribution in [0.4, 0.5) is 0 Å². The van der Waals surface area contributed by atoms with Crippen LogP contribution in [0.15, 0.2) is 18.2 Å². The third-order valence-electron chi connectivity index (χ3n) is 2.45. The summed E-state index contributed by atoms with van der Waals surface area (Å²) in [6.07, 6.45) is 0. The van der Waals surface area contributed by atoms with Crippen molar-refractivity contribution in [2.24, 2.45) is 0 Å². The maximum Gasteiger partial charge on any atom is 0.234 e. The van der Waals surface area contributed by atoms with E-state index in [1.807, 2.05) is 32.0 Å². The second-order valence-electron chi connectivity index (χ2n) is 3.87. The molecule has 0 saturated carbocycles. The maximum absolute atomic E-state index is 11.4. The van der Waals surface area contributed by atoms with E-state index in [4.69, 9.17) is 4.74 Å². The van der Waals surface area contributed by atoms with Gasteiger partial charge in [-0.3, -0.25) is 4.79 Å². The van der Waals surface area contributed by atoms with Crippen molar-refractivity contribution in [3.05, 3.63) is 29.3 Å². The van der Waals surface area contributed by atoms with Crippen LogP contribution in [-0.2, 0) is 11.3 Å². The van der Waals surface area contributed by atoms with Gasteiger partial charge in [0.15, 0.2) is 0 Å². The lowest BCUT2D eigenvalue weighted by Crippen LogP contribution is -2.33. The number of carbonyl (C=O) groups is 1. The van der Waals surface area contributed by atoms with Gasteiger partial charge in [0.05, 0.1) is 13.7 Å². The molecule has 0 saturated heterocycles. The molecule has 0 aliphatic rings. The van der Waals surface area contributed by atoms with Gasteiger partial charge in [-0.05, 0) is 19.5 Å². The average molecular weight is 236 g/mol. The minimum atomic E-state index is -0.00425. The lowest BCUT2D eigenvalue weighted by molar-refractivity contribution is -0.120. The Morgan fingerprint density at radius 2 is 2.18 bits per heavy atom. The SMILES string of the molecule is CCNCC(=O)NCc1cc(C)ccc1OC. The first-order valence-electron chi connectivity index (χ1n) is 5.78. The maximum atomic E-state index is 11.4. The van der Waals surface area contributed by atoms with Crippen LogP contribution in [0.2, 0.25) is 0 Å². The molecule has 94 valence electrons. The highest BCUT2D eigenvalue weighted by Crippen LogP contribution is 2.19. The first-order valence-corrected chi connectivity index (χ1v) is 5.78. The molecule has 0 bridgehead atoms. The monoisotopic (exact) mass is 236 g/mol. The highest BCUT2D eigenvalue weighted by atomic mass is 16.5. The Hall–Kier alpha value is -1.55. The summed E-state index contributed by atoms with van der Waals surface area (Å²) in [6, 6.07) is 5.93. The van der Waals surface area contributed by atoms with Crippen molar-refractivity contribution in [3.63, 3.8) is 0 Å². The first-order chi connectivity index (χ1) is 8.17. The molecule has 17 heavy (non-hydrogen) atoms. The van der Waals surface area contributed by atoms with Crippen LogP contribution in [0.25, 0.3) is 0 Å². The van der Waals surface area contributed by atoms with E-state index in [9.17, 15) is 4.79 Å². The predicted molar refractivity (Wildman–Crippen MR) is 68.1 cm³/mol. The number of rotatable bonds is 6. The molecule has 0 aromatic heterocycles. The average Bonchev–Trinajstić information content (AvgIpc) is 2.34. The standard InChI is InChI=1S/C13H20N2O2/c1-4-14-9-13(16)15-8-11-7-10(2)5-6-12(11)17-3/h5-7,14H,4,8-9H2,1-3H3,(H,15,16). The van der Waals surface area contributed by atoms with E-state index in [1.165, 1.54) is 0 Å². The van der Waals surface area contributed by atoms with Crippen molar-refractivity contribution in [2.45, 2.75) is 20.4 Å². The van der Waals surface area contributed by atoms with Crippen LogP contribution in [0, 0.1) is 6.92 Å². The summed E-state index contributed by atoms with van der Waals surface area (Å²) in [5.41, 5.74) is 2.15. The molecule has 4 heteroatoms. The number of hydrogen-bond donors (Lipinski definition) is 2. The number of likely N-dealkylation sites (N-methyl/N-ethyl adjacent to an activating group) is 1. The van der Waals surface area contributed by atoms with Crippen molar-refractivity contribution in [2.75, 3.05) is 20.2 Å². The molecule has 0 heterocycles. The molecular weight excluding hydrogens is 216 g/mol. The fraction of sp³-hybridized carbons (Fsp3) is 0.462. The molecule has 0 fully saturated rings. The minimum absolute atomic E-state index is 0.00425. The number of benzene rings is 1. The van der Waals surface area contributed by atoms with Gasteiger partial charge in [0.25, 0.3) is 0 Å². The van der Waals surface area contributed by atoms with Gasteiger partial charge < -0.3 is 15.4 Å². The fourth-order valence-corrected chi connectivity index (χ4v) is 1.54. The zero-order valence-corrected chi connectivity index (χ0v) is 10.7. The molecule has 1 aromatic rings. The van der Waals surface area contributed by atoms with E-state index in [1.54, 1.807) is 7.11 Å². The summed E-state index contributed by atoms with van der Waals surface area (Å²) in [6.45, 7) is 5.63. The number of methoxy groups -OCH3 is 1. The molecule has 4 nitrogen and oxygen atoms in total. The van der Waals surface area contributed by atoms with E-state index in [0.29, 0.717) is 13.1 Å². The number of amides is 1. The summed E-state index contributed by atoms with van der Waals surface area (Å²) in [4.78, 5) is 11.4. The molecular formula is C13H20N2O2. The Bertz CT molecular complexity index is 378. The van der Waals surface area contributed by atoms with Gasteiger partial charge in [0.2, 0.25) is 5.91 Å². The molecule has 0 aliphatic heterocycles. The van der Waals surface area contributed by atoms with Gasteiger partial charge in [-0.2, -0.15) is 0 Å². The van der Waals surface area contributed by atoms with Crippen molar-refractivity contribution in [3.8, 4) is 5.75 Å². The Balaban J connectivity index is 2.56. The summed E-state index contributed by atoms with van der Waals surface area (Å²) in [5, 5.41) is 5.84. The van der Waals surface area contributed by atoms with Gasteiger partial charge in [-0.25, -0.2) is 0 Å². The van der Waals surface area contributed by atoms with E-state index in [2.05, 4.69) is 10.6 Å². The van der Waals surface area contributed by atoms with Crippen molar-refractivity contribution in [1.29, 1.82) is 0 Å². The molecule has 0 aliphatic carbocycles. The van der Waals surface area contributed by atoms with Gasteiger partial charge in [0, 0.05) is 12.1 Å². The molecule has 0 radical (unpaired) electrons. The fourth-order valence-electron chi connectivity index (χ4n) is 1.54. The lowest BCUT2D eigenvalue weighted by atomic mass is 10.1. The highest BCUT2D eigenvalue weighted by Gasteiger charge is 2.05. The molecule has 0 unspecified atom stereocenters. The molecule has 1 rings (SSSR count). The summed E-state index contributed by atoms with van der Waals surface area (Å²) < 4.78 is 5.25. The normalized spacial score (nSPS) is 10.1. The van der Waals surface area contributed by atoms with Crippen LogP contribution in [0.5, 0.6) is 5.75 Å². The first kappa shape index (κ1) is 13.5. The minimum Gasteiger partial charge on any atom is -0.496 e. The van der Waals surface area contributed by atoms with E-state index in [-0.39, 0.29) is 5.91 Å². The Morgan fingerprint density at radius 1 is 1.41 bits per heavy atom. The van der Waals surface area contributed by atoms with Crippen molar-refractivity contribution >= 4 is 5.91 Å². The molecule has 0 atom stereocenters. The number of carbonyl (C=O) groups excluding carboxylic acids is 1. The van der Waals surface area contributed by atoms with E-state index >= 15 is 0 Å². The second kappa shape index (κ2) is 6.91. The summed E-state index contributed by atoms with van der Waals surface area (Å²) in [5.74, 6) is 0.801. The molecule has 2 N–H and O–H groups in total. The topological polar surface area (TPSA) is 50.4 Å². The van der Waals surface area contributed by atoms with Gasteiger partial charge >= 0.3 is 0 Å². The molecule has 0 spiro atoms. The Morgan fingerprint density at radius 3 is 2.82 bits per heavy atom. The van der Waals surface area contributed by atoms with Gasteiger partial charge in [0.1, 0.15) is 5.75 Å². The third-order valence-corrected chi connectivity index (χ3v) is 2.45. The van der Waals surface area contributed by atoms with E-state index in [0.717, 1.165) is 23.4 Å². The summed E-state index contributed by atoms with van der Waals surface area (Å²) in [7, 11) is 1.63. The number of ether oxygens (including phenoxy) is 1. The predicted octanol–water partition coefficient (Wildman–Crippen LogP) is 1.23. The number of nitrogens with one attached hydrogen (secondary N) is 2. The Labute approximate surface area is 102 Å². The van der Waals surface area contributed by atoms with Crippen molar-refractivity contribution < 1.29 is 9.53 Å². The van der Waals surface area contributed by atoms with Crippen molar-refractivity contribution in [1.82, 2.24) is 10.6 Å². The second-order valence-corrected chi connectivity index (χ2v) is 3.87. The summed E-state index contributed by atoms with van der Waals surface area (Å²) >= 11 is 0. The van der Waals surface area contributed by atoms with Crippen LogP contribution in [-0.4, -0.2) is 26.1 Å². The lowest BCUT2D eigenvalue weighted by Gasteiger charge is -2.10. The third kappa shape index (κ3) is 4.44. The van der Waals surface area contributed by atoms with Crippen LogP contribution < -0.4 is 15.4 Å². The van der Waals surface area contributed by atoms with Crippen LogP contribution >= 0.6 is 0 Å². The van der Waals surface area contributed by atoms with Gasteiger partial charge in [-0.15, -0.1) is 0 Å². The zero-order valence-electron chi connectivity index (χ0n) is 10.7. The van der Waals surface area contributed by atoms with Crippen LogP contribution in [0.1, 0.15) is 18.1 Å². The van der Waals surface area contributed by atoms with Gasteiger partial charge in [-0.1, -0.05) is 24.6 Å². The Kier molecular flexibility index (Phi) is 5.49. The van der Waals surface area contributed by atoms with Crippen LogP contribution in [0.3, 0.4) is 0 Å². The quantitative estimate of drug-likeness (QED) is 0.781. The molecule has 1 amide bonds. The smallest absolute Gasteiger partial charge is 0.234 e. The zero-order chi connectivity index (χ0) is 12.7. The number of hydrogen-bond acceptors (Lipinski definition) is 3. The highest BCUT2D eigenvalue weighted by molar-refractivity contribution is 5.78. The molecule has 1 aromatic carbocycles. The number of aryl methyl sites for hydroxylation is 1. The largest absolute Gasteiger partial charge is 0.496 e.